The van der Waals surface area contributed by atoms with Gasteiger partial charge in [-0.15, -0.1) is 0 Å². The molecule has 0 atom stereocenters. The van der Waals surface area contributed by atoms with E-state index >= 15 is 0 Å². The van der Waals surface area contributed by atoms with Gasteiger partial charge < -0.3 is 10.0 Å². The molecule has 0 aromatic carbocycles. The third-order valence-electron chi connectivity index (χ3n) is 2.31. The zero-order chi connectivity index (χ0) is 8.81. The molecule has 12 heavy (non-hydrogen) atoms. The Morgan fingerprint density at radius 2 is 2.08 bits per heavy atom. The smallest absolute Gasteiger partial charge is 0.0564 e. The largest absolute Gasteiger partial charge is 0.393 e. The maximum absolute atomic E-state index is 9.27. The molecular formula is C9H19NOS. The lowest BCUT2D eigenvalue weighted by molar-refractivity contribution is 0.0857. The fourth-order valence-electron chi connectivity index (χ4n) is 1.48. The molecule has 2 nitrogen and oxygen atoms in total. The minimum Gasteiger partial charge on any atom is -0.393 e. The van der Waals surface area contributed by atoms with E-state index in [2.05, 4.69) is 11.8 Å². The van der Waals surface area contributed by atoms with E-state index in [0.717, 1.165) is 25.9 Å². The number of rotatable bonds is 4. The van der Waals surface area contributed by atoms with Crippen molar-refractivity contribution in [3.8, 4) is 0 Å². The van der Waals surface area contributed by atoms with Crippen LogP contribution in [0.3, 0.4) is 0 Å². The molecule has 1 fully saturated rings. The minimum atomic E-state index is -0.0277. The fraction of sp³-hybridized carbons (Fsp3) is 1.00. The predicted molar refractivity (Wildman–Crippen MR) is 54.7 cm³/mol. The molecule has 3 heteroatoms. The second-order valence-electron chi connectivity index (χ2n) is 3.27. The first kappa shape index (κ1) is 10.4. The third kappa shape index (κ3) is 3.78. The number of aliphatic hydroxyl groups is 1. The summed E-state index contributed by atoms with van der Waals surface area (Å²) < 4.78 is 0. The van der Waals surface area contributed by atoms with Crippen LogP contribution < -0.4 is 0 Å². The quantitative estimate of drug-likeness (QED) is 0.672. The van der Waals surface area contributed by atoms with Crippen LogP contribution in [0, 0.1) is 0 Å². The van der Waals surface area contributed by atoms with Gasteiger partial charge in [-0.3, -0.25) is 0 Å². The van der Waals surface area contributed by atoms with Crippen molar-refractivity contribution in [2.24, 2.45) is 0 Å². The first-order chi connectivity index (χ1) is 5.83. The van der Waals surface area contributed by atoms with Crippen molar-refractivity contribution in [1.29, 1.82) is 0 Å². The van der Waals surface area contributed by atoms with Gasteiger partial charge in [0, 0.05) is 25.4 Å². The Morgan fingerprint density at radius 3 is 2.67 bits per heavy atom. The van der Waals surface area contributed by atoms with Crippen molar-refractivity contribution < 1.29 is 5.11 Å². The van der Waals surface area contributed by atoms with Gasteiger partial charge in [0.15, 0.2) is 0 Å². The Bertz CT molecular complexity index is 113. The van der Waals surface area contributed by atoms with E-state index in [-0.39, 0.29) is 6.10 Å². The van der Waals surface area contributed by atoms with Crippen LogP contribution in [0.15, 0.2) is 0 Å². The minimum absolute atomic E-state index is 0.0277. The van der Waals surface area contributed by atoms with Gasteiger partial charge in [0.05, 0.1) is 6.10 Å². The SMILES string of the molecule is CCSCCN1CCC(O)CC1. The highest BCUT2D eigenvalue weighted by molar-refractivity contribution is 7.99. The Hall–Kier alpha value is 0.270. The highest BCUT2D eigenvalue weighted by Crippen LogP contribution is 2.10. The Kier molecular flexibility index (Phi) is 5.04. The summed E-state index contributed by atoms with van der Waals surface area (Å²) in [7, 11) is 0. The van der Waals surface area contributed by atoms with Crippen molar-refractivity contribution in [3.63, 3.8) is 0 Å². The number of nitrogens with zero attached hydrogens (tertiary/aromatic N) is 1. The molecule has 0 amide bonds. The number of hydrogen-bond donors (Lipinski definition) is 1. The van der Waals surface area contributed by atoms with Crippen molar-refractivity contribution in [3.05, 3.63) is 0 Å². The molecule has 1 rings (SSSR count). The molecule has 1 heterocycles. The van der Waals surface area contributed by atoms with Gasteiger partial charge in [0.25, 0.3) is 0 Å². The van der Waals surface area contributed by atoms with Crippen molar-refractivity contribution in [1.82, 2.24) is 4.90 Å². The molecule has 1 aliphatic rings. The van der Waals surface area contributed by atoms with Gasteiger partial charge in [0.2, 0.25) is 0 Å². The molecule has 0 aromatic heterocycles. The Balaban J connectivity index is 2.01. The molecule has 0 saturated carbocycles. The van der Waals surface area contributed by atoms with E-state index in [1.807, 2.05) is 11.8 Å². The lowest BCUT2D eigenvalue weighted by Gasteiger charge is -2.29. The van der Waals surface area contributed by atoms with Crippen LogP contribution in [0.1, 0.15) is 19.8 Å². The summed E-state index contributed by atoms with van der Waals surface area (Å²) in [5, 5.41) is 9.27. The highest BCUT2D eigenvalue weighted by atomic mass is 32.2. The van der Waals surface area contributed by atoms with Gasteiger partial charge in [-0.25, -0.2) is 0 Å². The lowest BCUT2D eigenvalue weighted by atomic mass is 10.1. The molecule has 0 spiro atoms. The highest BCUT2D eigenvalue weighted by Gasteiger charge is 2.15. The summed E-state index contributed by atoms with van der Waals surface area (Å²) in [5.41, 5.74) is 0. The van der Waals surface area contributed by atoms with Crippen LogP contribution in [0.25, 0.3) is 0 Å². The van der Waals surface area contributed by atoms with E-state index in [0.29, 0.717) is 0 Å². The maximum atomic E-state index is 9.27. The van der Waals surface area contributed by atoms with E-state index < -0.39 is 0 Å². The maximum Gasteiger partial charge on any atom is 0.0564 e. The number of aliphatic hydroxyl groups excluding tert-OH is 1. The number of piperidine rings is 1. The van der Waals surface area contributed by atoms with Crippen LogP contribution in [0.5, 0.6) is 0 Å². The van der Waals surface area contributed by atoms with Gasteiger partial charge >= 0.3 is 0 Å². The second kappa shape index (κ2) is 5.84. The van der Waals surface area contributed by atoms with Crippen molar-refractivity contribution >= 4 is 11.8 Å². The molecule has 0 radical (unpaired) electrons. The molecule has 0 unspecified atom stereocenters. The van der Waals surface area contributed by atoms with Gasteiger partial charge in [0.1, 0.15) is 0 Å². The van der Waals surface area contributed by atoms with Gasteiger partial charge in [-0.2, -0.15) is 11.8 Å². The number of thioether (sulfide) groups is 1. The molecule has 0 aromatic rings. The molecule has 0 bridgehead atoms. The monoisotopic (exact) mass is 189 g/mol. The van der Waals surface area contributed by atoms with E-state index in [1.54, 1.807) is 0 Å². The average Bonchev–Trinajstić information content (AvgIpc) is 2.09. The summed E-state index contributed by atoms with van der Waals surface area (Å²) >= 11 is 2.00. The van der Waals surface area contributed by atoms with E-state index in [9.17, 15) is 5.11 Å². The molecule has 1 saturated heterocycles. The topological polar surface area (TPSA) is 23.5 Å². The van der Waals surface area contributed by atoms with Crippen LogP contribution in [-0.2, 0) is 0 Å². The molecule has 72 valence electrons. The van der Waals surface area contributed by atoms with E-state index in [4.69, 9.17) is 0 Å². The zero-order valence-corrected chi connectivity index (χ0v) is 8.65. The lowest BCUT2D eigenvalue weighted by Crippen LogP contribution is -2.37. The van der Waals surface area contributed by atoms with Crippen LogP contribution in [0.2, 0.25) is 0 Å². The van der Waals surface area contributed by atoms with Crippen LogP contribution in [0.4, 0.5) is 0 Å². The summed E-state index contributed by atoms with van der Waals surface area (Å²) in [6.07, 6.45) is 1.91. The van der Waals surface area contributed by atoms with Crippen LogP contribution >= 0.6 is 11.8 Å². The predicted octanol–water partition coefficient (Wildman–Crippen LogP) is 1.20. The first-order valence-corrected chi connectivity index (χ1v) is 5.96. The van der Waals surface area contributed by atoms with Crippen LogP contribution in [-0.4, -0.2) is 47.3 Å². The first-order valence-electron chi connectivity index (χ1n) is 4.81. The van der Waals surface area contributed by atoms with Crippen molar-refractivity contribution in [2.45, 2.75) is 25.9 Å². The summed E-state index contributed by atoms with van der Waals surface area (Å²) in [5.74, 6) is 2.46. The standard InChI is InChI=1S/C9H19NOS/c1-2-12-8-7-10-5-3-9(11)4-6-10/h9,11H,2-8H2,1H3. The van der Waals surface area contributed by atoms with E-state index in [1.165, 1.54) is 18.1 Å². The molecular weight excluding hydrogens is 170 g/mol. The number of hydrogen-bond acceptors (Lipinski definition) is 3. The van der Waals surface area contributed by atoms with Crippen molar-refractivity contribution in [2.75, 3.05) is 31.1 Å². The second-order valence-corrected chi connectivity index (χ2v) is 4.66. The Labute approximate surface area is 79.3 Å². The molecule has 1 N–H and O–H groups in total. The summed E-state index contributed by atoms with van der Waals surface area (Å²) in [6.45, 7) is 5.58. The Morgan fingerprint density at radius 1 is 1.42 bits per heavy atom. The summed E-state index contributed by atoms with van der Waals surface area (Å²) in [4.78, 5) is 2.45. The van der Waals surface area contributed by atoms with Gasteiger partial charge in [-0.05, 0) is 18.6 Å². The van der Waals surface area contributed by atoms with Gasteiger partial charge in [-0.1, -0.05) is 6.92 Å². The fourth-order valence-corrected chi connectivity index (χ4v) is 2.16. The molecule has 0 aliphatic carbocycles. The summed E-state index contributed by atoms with van der Waals surface area (Å²) in [6, 6.07) is 0. The molecule has 1 aliphatic heterocycles. The zero-order valence-electron chi connectivity index (χ0n) is 7.83. The normalized spacial score (nSPS) is 21.5. The third-order valence-corrected chi connectivity index (χ3v) is 3.19. The average molecular weight is 189 g/mol. The number of likely N-dealkylation sites (tertiary alicyclic amines) is 1.